The summed E-state index contributed by atoms with van der Waals surface area (Å²) in [6.07, 6.45) is 0. The fourth-order valence-corrected chi connectivity index (χ4v) is 2.04. The Balaban J connectivity index is 2.77. The summed E-state index contributed by atoms with van der Waals surface area (Å²) in [6, 6.07) is 4.97. The van der Waals surface area contributed by atoms with Crippen LogP contribution < -0.4 is 10.6 Å². The van der Waals surface area contributed by atoms with E-state index < -0.39 is 4.92 Å². The van der Waals surface area contributed by atoms with Gasteiger partial charge in [0.15, 0.2) is 0 Å². The van der Waals surface area contributed by atoms with Gasteiger partial charge in [-0.1, -0.05) is 6.07 Å². The van der Waals surface area contributed by atoms with Crippen LogP contribution in [0.2, 0.25) is 0 Å². The molecule has 2 N–H and O–H groups in total. The fourth-order valence-electron chi connectivity index (χ4n) is 2.04. The van der Waals surface area contributed by atoms with Crippen LogP contribution in [0.5, 0.6) is 0 Å². The van der Waals surface area contributed by atoms with Gasteiger partial charge >= 0.3 is 0 Å². The monoisotopic (exact) mass is 294 g/mol. The number of rotatable bonds is 8. The summed E-state index contributed by atoms with van der Waals surface area (Å²) in [7, 11) is 1.84. The van der Waals surface area contributed by atoms with Gasteiger partial charge < -0.3 is 10.6 Å². The van der Waals surface area contributed by atoms with E-state index in [1.54, 1.807) is 12.1 Å². The van der Waals surface area contributed by atoms with Crippen molar-refractivity contribution in [1.29, 1.82) is 0 Å². The first-order chi connectivity index (χ1) is 9.97. The van der Waals surface area contributed by atoms with E-state index in [1.807, 2.05) is 25.8 Å². The van der Waals surface area contributed by atoms with Crippen LogP contribution in [0.25, 0.3) is 0 Å². The first kappa shape index (κ1) is 16.9. The molecule has 0 unspecified atom stereocenters. The number of hydrogen-bond donors (Lipinski definition) is 2. The van der Waals surface area contributed by atoms with Crippen molar-refractivity contribution in [3.63, 3.8) is 0 Å². The minimum atomic E-state index is -0.403. The highest BCUT2D eigenvalue weighted by molar-refractivity contribution is 5.77. The molecule has 0 aliphatic heterocycles. The summed E-state index contributed by atoms with van der Waals surface area (Å²) in [5, 5.41) is 16.7. The van der Waals surface area contributed by atoms with E-state index in [9.17, 15) is 14.9 Å². The number of likely N-dealkylation sites (N-methyl/N-ethyl adjacent to an activating group) is 2. The van der Waals surface area contributed by atoms with Gasteiger partial charge in [0.1, 0.15) is 5.69 Å². The van der Waals surface area contributed by atoms with Gasteiger partial charge in [0.2, 0.25) is 5.91 Å². The van der Waals surface area contributed by atoms with Crippen LogP contribution in [0.3, 0.4) is 0 Å². The molecular weight excluding hydrogens is 272 g/mol. The van der Waals surface area contributed by atoms with Crippen LogP contribution in [0.15, 0.2) is 18.2 Å². The third-order valence-corrected chi connectivity index (χ3v) is 2.86. The van der Waals surface area contributed by atoms with E-state index in [2.05, 4.69) is 10.6 Å². The van der Waals surface area contributed by atoms with Gasteiger partial charge in [-0.05, 0) is 32.5 Å². The zero-order chi connectivity index (χ0) is 15.8. The number of amides is 1. The second-order valence-corrected chi connectivity index (χ2v) is 4.76. The van der Waals surface area contributed by atoms with Crippen molar-refractivity contribution in [2.75, 3.05) is 32.0 Å². The van der Waals surface area contributed by atoms with Crippen LogP contribution in [0.1, 0.15) is 19.4 Å². The molecule has 0 atom stereocenters. The number of nitro groups is 1. The van der Waals surface area contributed by atoms with Crippen LogP contribution in [-0.4, -0.2) is 42.4 Å². The Morgan fingerprint density at radius 1 is 1.33 bits per heavy atom. The van der Waals surface area contributed by atoms with Gasteiger partial charge in [-0.25, -0.2) is 0 Å². The maximum atomic E-state index is 11.5. The molecule has 0 bridgehead atoms. The third kappa shape index (κ3) is 5.39. The predicted molar refractivity (Wildman–Crippen MR) is 82.3 cm³/mol. The van der Waals surface area contributed by atoms with Crippen molar-refractivity contribution in [2.24, 2.45) is 0 Å². The molecule has 0 radical (unpaired) electrons. The zero-order valence-corrected chi connectivity index (χ0v) is 12.7. The Hall–Kier alpha value is -2.15. The van der Waals surface area contributed by atoms with Crippen molar-refractivity contribution in [3.05, 3.63) is 33.9 Å². The van der Waals surface area contributed by atoms with Gasteiger partial charge in [0.25, 0.3) is 5.69 Å². The average Bonchev–Trinajstić information content (AvgIpc) is 2.38. The van der Waals surface area contributed by atoms with Gasteiger partial charge in [-0.2, -0.15) is 0 Å². The number of nitro benzene ring substituents is 1. The standard InChI is InChI=1S/C14H22N4O3/c1-4-15-12-8-11(6-7-13(12)18(20)21)9-17(3)10-14(19)16-5-2/h6-8,15H,4-5,9-10H2,1-3H3,(H,16,19). The summed E-state index contributed by atoms with van der Waals surface area (Å²) in [6.45, 7) is 5.82. The molecule has 0 spiro atoms. The lowest BCUT2D eigenvalue weighted by molar-refractivity contribution is -0.384. The molecule has 0 aromatic heterocycles. The highest BCUT2D eigenvalue weighted by Gasteiger charge is 2.14. The van der Waals surface area contributed by atoms with E-state index in [-0.39, 0.29) is 11.6 Å². The number of nitrogens with one attached hydrogen (secondary N) is 2. The van der Waals surface area contributed by atoms with Gasteiger partial charge in [-0.15, -0.1) is 0 Å². The second kappa shape index (κ2) is 8.21. The number of nitrogens with zero attached hydrogens (tertiary/aromatic N) is 2. The Morgan fingerprint density at radius 2 is 2.05 bits per heavy atom. The molecule has 1 aromatic carbocycles. The Morgan fingerprint density at radius 3 is 2.62 bits per heavy atom. The molecule has 0 heterocycles. The summed E-state index contributed by atoms with van der Waals surface area (Å²) in [4.78, 5) is 23.9. The minimum Gasteiger partial charge on any atom is -0.380 e. The molecule has 7 heteroatoms. The smallest absolute Gasteiger partial charge is 0.292 e. The molecule has 0 aliphatic carbocycles. The lowest BCUT2D eigenvalue weighted by Crippen LogP contribution is -2.34. The predicted octanol–water partition coefficient (Wildman–Crippen LogP) is 1.59. The molecular formula is C14H22N4O3. The van der Waals surface area contributed by atoms with Crippen molar-refractivity contribution >= 4 is 17.3 Å². The summed E-state index contributed by atoms with van der Waals surface area (Å²) < 4.78 is 0. The second-order valence-electron chi connectivity index (χ2n) is 4.76. The molecule has 7 nitrogen and oxygen atoms in total. The number of anilines is 1. The number of hydrogen-bond acceptors (Lipinski definition) is 5. The zero-order valence-electron chi connectivity index (χ0n) is 12.7. The largest absolute Gasteiger partial charge is 0.380 e. The molecule has 21 heavy (non-hydrogen) atoms. The lowest BCUT2D eigenvalue weighted by Gasteiger charge is -2.16. The van der Waals surface area contributed by atoms with Crippen LogP contribution >= 0.6 is 0 Å². The topological polar surface area (TPSA) is 87.5 Å². The number of carbonyl (C=O) groups excluding carboxylic acids is 1. The van der Waals surface area contributed by atoms with Gasteiger partial charge in [0, 0.05) is 25.7 Å². The SMILES string of the molecule is CCNC(=O)CN(C)Cc1ccc([N+](=O)[O-])c(NCC)c1. The Labute approximate surface area is 124 Å². The Bertz CT molecular complexity index is 505. The fraction of sp³-hybridized carbons (Fsp3) is 0.500. The van der Waals surface area contributed by atoms with E-state index >= 15 is 0 Å². The molecule has 0 fully saturated rings. The molecule has 1 aromatic rings. The first-order valence-electron chi connectivity index (χ1n) is 6.94. The molecule has 1 amide bonds. The number of benzene rings is 1. The van der Waals surface area contributed by atoms with E-state index in [1.165, 1.54) is 6.07 Å². The maximum absolute atomic E-state index is 11.5. The molecule has 0 saturated heterocycles. The van der Waals surface area contributed by atoms with E-state index in [0.29, 0.717) is 31.9 Å². The van der Waals surface area contributed by atoms with Crippen molar-refractivity contribution in [1.82, 2.24) is 10.2 Å². The van der Waals surface area contributed by atoms with Gasteiger partial charge in [-0.3, -0.25) is 19.8 Å². The summed E-state index contributed by atoms with van der Waals surface area (Å²) >= 11 is 0. The highest BCUT2D eigenvalue weighted by Crippen LogP contribution is 2.25. The molecule has 116 valence electrons. The summed E-state index contributed by atoms with van der Waals surface area (Å²) in [5.41, 5.74) is 1.49. The Kier molecular flexibility index (Phi) is 6.61. The van der Waals surface area contributed by atoms with E-state index in [0.717, 1.165) is 5.56 Å². The van der Waals surface area contributed by atoms with Crippen LogP contribution in [-0.2, 0) is 11.3 Å². The van der Waals surface area contributed by atoms with Crippen LogP contribution in [0, 0.1) is 10.1 Å². The molecule has 0 aliphatic rings. The highest BCUT2D eigenvalue weighted by atomic mass is 16.6. The third-order valence-electron chi connectivity index (χ3n) is 2.86. The van der Waals surface area contributed by atoms with Gasteiger partial charge in [0.05, 0.1) is 11.5 Å². The first-order valence-corrected chi connectivity index (χ1v) is 6.94. The molecule has 0 saturated carbocycles. The van der Waals surface area contributed by atoms with Crippen molar-refractivity contribution in [3.8, 4) is 0 Å². The molecule has 1 rings (SSSR count). The average molecular weight is 294 g/mol. The van der Waals surface area contributed by atoms with Crippen molar-refractivity contribution < 1.29 is 9.72 Å². The number of carbonyl (C=O) groups is 1. The minimum absolute atomic E-state index is 0.0335. The normalized spacial score (nSPS) is 10.5. The van der Waals surface area contributed by atoms with Crippen LogP contribution in [0.4, 0.5) is 11.4 Å². The quantitative estimate of drug-likeness (QED) is 0.561. The van der Waals surface area contributed by atoms with Crippen molar-refractivity contribution in [2.45, 2.75) is 20.4 Å². The van der Waals surface area contributed by atoms with E-state index in [4.69, 9.17) is 0 Å². The lowest BCUT2D eigenvalue weighted by atomic mass is 10.1. The summed E-state index contributed by atoms with van der Waals surface area (Å²) in [5.74, 6) is -0.0335. The maximum Gasteiger partial charge on any atom is 0.292 e.